The number of nitrogen functional groups attached to an aromatic ring is 1. The highest BCUT2D eigenvalue weighted by Crippen LogP contribution is 2.22. The highest BCUT2D eigenvalue weighted by atomic mass is 16.6. The van der Waals surface area contributed by atoms with Gasteiger partial charge in [-0.3, -0.25) is 0 Å². The minimum Gasteiger partial charge on any atom is -0.482 e. The molecule has 1 saturated carbocycles. The van der Waals surface area contributed by atoms with Gasteiger partial charge < -0.3 is 15.2 Å². The summed E-state index contributed by atoms with van der Waals surface area (Å²) in [5, 5.41) is 0. The largest absolute Gasteiger partial charge is 0.482 e. The van der Waals surface area contributed by atoms with Crippen molar-refractivity contribution in [2.24, 2.45) is 0 Å². The van der Waals surface area contributed by atoms with Crippen molar-refractivity contribution in [2.45, 2.75) is 25.4 Å². The number of hydrogen-bond donors (Lipinski definition) is 1. The number of ether oxygens (including phenoxy) is 2. The standard InChI is InChI=1S/C12H15NO3/c13-9-3-1-6-11(7-9)15-8-12(14)16-10-4-2-5-10/h1,3,6-7,10H,2,4-5,8,13H2. The van der Waals surface area contributed by atoms with Crippen LogP contribution in [0.1, 0.15) is 19.3 Å². The number of carbonyl (C=O) groups excluding carboxylic acids is 1. The Labute approximate surface area is 94.3 Å². The quantitative estimate of drug-likeness (QED) is 0.621. The fourth-order valence-corrected chi connectivity index (χ4v) is 1.46. The minimum atomic E-state index is -0.313. The summed E-state index contributed by atoms with van der Waals surface area (Å²) in [5.74, 6) is 0.276. The second kappa shape index (κ2) is 4.88. The maximum absolute atomic E-state index is 11.3. The molecule has 2 rings (SSSR count). The molecule has 0 radical (unpaired) electrons. The highest BCUT2D eigenvalue weighted by molar-refractivity contribution is 5.71. The Kier molecular flexibility index (Phi) is 3.29. The topological polar surface area (TPSA) is 61.5 Å². The van der Waals surface area contributed by atoms with Crippen LogP contribution in [0, 0.1) is 0 Å². The van der Waals surface area contributed by atoms with Gasteiger partial charge in [0.2, 0.25) is 0 Å². The Morgan fingerprint density at radius 2 is 2.25 bits per heavy atom. The molecule has 1 aliphatic carbocycles. The van der Waals surface area contributed by atoms with Crippen LogP contribution >= 0.6 is 0 Å². The van der Waals surface area contributed by atoms with Crippen LogP contribution in [0.15, 0.2) is 24.3 Å². The highest BCUT2D eigenvalue weighted by Gasteiger charge is 2.21. The SMILES string of the molecule is Nc1cccc(OCC(=O)OC2CCC2)c1. The van der Waals surface area contributed by atoms with Crippen LogP contribution in [-0.2, 0) is 9.53 Å². The summed E-state index contributed by atoms with van der Waals surface area (Å²) in [6.45, 7) is -0.0556. The lowest BCUT2D eigenvalue weighted by atomic mass is 9.96. The second-order valence-electron chi connectivity index (χ2n) is 3.90. The molecule has 1 fully saturated rings. The number of carbonyl (C=O) groups is 1. The van der Waals surface area contributed by atoms with Gasteiger partial charge in [0.1, 0.15) is 11.9 Å². The van der Waals surface area contributed by atoms with Crippen LogP contribution in [0.5, 0.6) is 5.75 Å². The van der Waals surface area contributed by atoms with Crippen LogP contribution in [0.25, 0.3) is 0 Å². The van der Waals surface area contributed by atoms with Crippen LogP contribution in [0.4, 0.5) is 5.69 Å². The summed E-state index contributed by atoms with van der Waals surface area (Å²) in [7, 11) is 0. The van der Waals surface area contributed by atoms with Crippen molar-refractivity contribution < 1.29 is 14.3 Å². The normalized spacial score (nSPS) is 15.2. The first-order chi connectivity index (χ1) is 7.74. The second-order valence-corrected chi connectivity index (χ2v) is 3.90. The van der Waals surface area contributed by atoms with Crippen LogP contribution in [0.2, 0.25) is 0 Å². The summed E-state index contributed by atoms with van der Waals surface area (Å²) < 4.78 is 10.4. The van der Waals surface area contributed by atoms with E-state index in [9.17, 15) is 4.79 Å². The van der Waals surface area contributed by atoms with Crippen molar-refractivity contribution in [2.75, 3.05) is 12.3 Å². The molecular formula is C12H15NO3. The summed E-state index contributed by atoms with van der Waals surface area (Å²) in [5.41, 5.74) is 6.20. The zero-order valence-electron chi connectivity index (χ0n) is 9.02. The lowest BCUT2D eigenvalue weighted by Crippen LogP contribution is -2.27. The van der Waals surface area contributed by atoms with Crippen molar-refractivity contribution in [1.82, 2.24) is 0 Å². The first-order valence-corrected chi connectivity index (χ1v) is 5.42. The number of rotatable bonds is 4. The van der Waals surface area contributed by atoms with Crippen molar-refractivity contribution in [3.63, 3.8) is 0 Å². The maximum atomic E-state index is 11.3. The van der Waals surface area contributed by atoms with Gasteiger partial charge in [-0.2, -0.15) is 0 Å². The van der Waals surface area contributed by atoms with E-state index in [-0.39, 0.29) is 18.7 Å². The van der Waals surface area contributed by atoms with Crippen molar-refractivity contribution in [1.29, 1.82) is 0 Å². The van der Waals surface area contributed by atoms with Gasteiger partial charge in [-0.15, -0.1) is 0 Å². The Morgan fingerprint density at radius 3 is 2.88 bits per heavy atom. The summed E-state index contributed by atoms with van der Waals surface area (Å²) in [4.78, 5) is 11.3. The van der Waals surface area contributed by atoms with Gasteiger partial charge in [0.05, 0.1) is 0 Å². The van der Waals surface area contributed by atoms with E-state index in [1.54, 1.807) is 24.3 Å². The van der Waals surface area contributed by atoms with E-state index in [1.807, 2.05) is 0 Å². The zero-order chi connectivity index (χ0) is 11.4. The molecule has 0 unspecified atom stereocenters. The number of esters is 1. The van der Waals surface area contributed by atoms with E-state index >= 15 is 0 Å². The molecule has 0 atom stereocenters. The minimum absolute atomic E-state index is 0.0556. The molecule has 1 aliphatic rings. The molecule has 0 aliphatic heterocycles. The molecular weight excluding hydrogens is 206 g/mol. The van der Waals surface area contributed by atoms with E-state index < -0.39 is 0 Å². The molecule has 0 bridgehead atoms. The molecule has 1 aromatic rings. The molecule has 0 aromatic heterocycles. The third-order valence-electron chi connectivity index (χ3n) is 2.57. The van der Waals surface area contributed by atoms with Gasteiger partial charge in [0.25, 0.3) is 0 Å². The van der Waals surface area contributed by atoms with E-state index in [0.717, 1.165) is 19.3 Å². The Balaban J connectivity index is 1.75. The van der Waals surface area contributed by atoms with E-state index in [0.29, 0.717) is 11.4 Å². The van der Waals surface area contributed by atoms with E-state index in [1.165, 1.54) is 0 Å². The zero-order valence-corrected chi connectivity index (χ0v) is 9.02. The van der Waals surface area contributed by atoms with Crippen LogP contribution < -0.4 is 10.5 Å². The number of anilines is 1. The van der Waals surface area contributed by atoms with Crippen molar-refractivity contribution in [3.05, 3.63) is 24.3 Å². The van der Waals surface area contributed by atoms with Crippen molar-refractivity contribution in [3.8, 4) is 5.75 Å². The van der Waals surface area contributed by atoms with Crippen LogP contribution in [0.3, 0.4) is 0 Å². The fraction of sp³-hybridized carbons (Fsp3) is 0.417. The van der Waals surface area contributed by atoms with Gasteiger partial charge in [0.15, 0.2) is 6.61 Å². The number of nitrogens with two attached hydrogens (primary N) is 1. The van der Waals surface area contributed by atoms with Gasteiger partial charge in [-0.1, -0.05) is 6.07 Å². The van der Waals surface area contributed by atoms with E-state index in [4.69, 9.17) is 15.2 Å². The smallest absolute Gasteiger partial charge is 0.344 e. The van der Waals surface area contributed by atoms with E-state index in [2.05, 4.69) is 0 Å². The Morgan fingerprint density at radius 1 is 1.44 bits per heavy atom. The average molecular weight is 221 g/mol. The van der Waals surface area contributed by atoms with Gasteiger partial charge >= 0.3 is 5.97 Å². The van der Waals surface area contributed by atoms with Gasteiger partial charge in [-0.05, 0) is 31.4 Å². The molecule has 0 spiro atoms. The predicted molar refractivity (Wildman–Crippen MR) is 60.1 cm³/mol. The van der Waals surface area contributed by atoms with Gasteiger partial charge in [-0.25, -0.2) is 4.79 Å². The Bertz CT molecular complexity index is 374. The summed E-state index contributed by atoms with van der Waals surface area (Å²) in [6, 6.07) is 6.98. The third kappa shape index (κ3) is 2.89. The first kappa shape index (κ1) is 10.8. The van der Waals surface area contributed by atoms with Crippen molar-refractivity contribution >= 4 is 11.7 Å². The molecule has 0 saturated heterocycles. The lowest BCUT2D eigenvalue weighted by Gasteiger charge is -2.25. The first-order valence-electron chi connectivity index (χ1n) is 5.42. The molecule has 1 aromatic carbocycles. The molecule has 2 N–H and O–H groups in total. The fourth-order valence-electron chi connectivity index (χ4n) is 1.46. The number of benzene rings is 1. The lowest BCUT2D eigenvalue weighted by molar-refractivity contribution is -0.155. The Hall–Kier alpha value is -1.71. The summed E-state index contributed by atoms with van der Waals surface area (Å²) in [6.07, 6.45) is 3.21. The maximum Gasteiger partial charge on any atom is 0.344 e. The average Bonchev–Trinajstić information content (AvgIpc) is 2.21. The van der Waals surface area contributed by atoms with Crippen LogP contribution in [-0.4, -0.2) is 18.7 Å². The predicted octanol–water partition coefficient (Wildman–Crippen LogP) is 1.74. The molecule has 16 heavy (non-hydrogen) atoms. The molecule has 86 valence electrons. The molecule has 4 heteroatoms. The molecule has 0 heterocycles. The van der Waals surface area contributed by atoms with Gasteiger partial charge in [0, 0.05) is 11.8 Å². The summed E-state index contributed by atoms with van der Waals surface area (Å²) >= 11 is 0. The molecule has 0 amide bonds. The third-order valence-corrected chi connectivity index (χ3v) is 2.57. The monoisotopic (exact) mass is 221 g/mol. The molecule has 4 nitrogen and oxygen atoms in total. The number of hydrogen-bond acceptors (Lipinski definition) is 4.